The Bertz CT molecular complexity index is 1080. The van der Waals surface area contributed by atoms with E-state index in [1.165, 1.54) is 295 Å². The predicted octanol–water partition coefficient (Wildman–Crippen LogP) is 20.8. The predicted molar refractivity (Wildman–Crippen MR) is 315 cm³/mol. The summed E-state index contributed by atoms with van der Waals surface area (Å²) in [7, 11) is 0. The highest BCUT2D eigenvalue weighted by Crippen LogP contribution is 2.18. The fraction of sp³-hybridized carbons (Fsp3) is 0.939. The largest absolute Gasteiger partial charge is 0.466 e. The number of carbonyl (C=O) groups is 2. The number of nitrogens with one attached hydrogen (secondary N) is 1. The van der Waals surface area contributed by atoms with Crippen molar-refractivity contribution >= 4 is 11.9 Å². The molecule has 0 fully saturated rings. The monoisotopic (exact) mass is 1020 g/mol. The molecule has 3 N–H and O–H groups in total. The van der Waals surface area contributed by atoms with Gasteiger partial charge in [0.1, 0.15) is 0 Å². The molecule has 2 atom stereocenters. The molecule has 0 spiro atoms. The van der Waals surface area contributed by atoms with E-state index in [-0.39, 0.29) is 18.5 Å². The van der Waals surface area contributed by atoms with Crippen molar-refractivity contribution < 1.29 is 24.5 Å². The SMILES string of the molecule is CCCCCCCCC/C=C\CCCCCCCCCC(=O)OCCCCCCCCCCCCCCCCCCCCCC(=O)NC(CO)C(O)CCCCCCCCCCCCCCCCCCCC. The third kappa shape index (κ3) is 57.9. The lowest BCUT2D eigenvalue weighted by Gasteiger charge is -2.22. The molecule has 0 aliphatic heterocycles. The summed E-state index contributed by atoms with van der Waals surface area (Å²) in [6.45, 7) is 4.98. The van der Waals surface area contributed by atoms with E-state index in [1.807, 2.05) is 0 Å². The van der Waals surface area contributed by atoms with E-state index in [0.29, 0.717) is 25.9 Å². The fourth-order valence-corrected chi connectivity index (χ4v) is 10.5. The zero-order chi connectivity index (χ0) is 52.2. The molecule has 2 unspecified atom stereocenters. The van der Waals surface area contributed by atoms with E-state index in [1.54, 1.807) is 0 Å². The summed E-state index contributed by atoms with van der Waals surface area (Å²) in [5.41, 5.74) is 0. The van der Waals surface area contributed by atoms with Crippen LogP contribution in [0.25, 0.3) is 0 Å². The topological polar surface area (TPSA) is 95.9 Å². The number of hydrogen-bond acceptors (Lipinski definition) is 5. The number of amides is 1. The molecule has 6 nitrogen and oxygen atoms in total. The Morgan fingerprint density at radius 2 is 0.653 bits per heavy atom. The molecule has 0 rings (SSSR count). The molecular weight excluding hydrogens is 887 g/mol. The third-order valence-electron chi connectivity index (χ3n) is 15.6. The maximum atomic E-state index is 12.5. The van der Waals surface area contributed by atoms with Crippen molar-refractivity contribution in [1.29, 1.82) is 0 Å². The van der Waals surface area contributed by atoms with Gasteiger partial charge in [-0.25, -0.2) is 0 Å². The zero-order valence-corrected chi connectivity index (χ0v) is 48.9. The first-order valence-electron chi connectivity index (χ1n) is 32.9. The molecular formula is C66H129NO5. The second-order valence-electron chi connectivity index (χ2n) is 22.8. The van der Waals surface area contributed by atoms with Crippen LogP contribution in [0.1, 0.15) is 373 Å². The van der Waals surface area contributed by atoms with Crippen LogP contribution < -0.4 is 5.32 Å². The van der Waals surface area contributed by atoms with Crippen LogP contribution in [0.3, 0.4) is 0 Å². The number of allylic oxidation sites excluding steroid dienone is 2. The number of ether oxygens (including phenoxy) is 1. The van der Waals surface area contributed by atoms with Crippen LogP contribution in [-0.4, -0.2) is 47.4 Å². The van der Waals surface area contributed by atoms with Gasteiger partial charge in [-0.15, -0.1) is 0 Å². The Morgan fingerprint density at radius 1 is 0.375 bits per heavy atom. The van der Waals surface area contributed by atoms with Crippen molar-refractivity contribution in [3.8, 4) is 0 Å². The average Bonchev–Trinajstić information content (AvgIpc) is 3.38. The molecule has 6 heteroatoms. The van der Waals surface area contributed by atoms with Gasteiger partial charge in [0.2, 0.25) is 5.91 Å². The highest BCUT2D eigenvalue weighted by Gasteiger charge is 2.20. The second kappa shape index (κ2) is 62.1. The standard InChI is InChI=1S/C66H129NO5/c1-3-5-7-9-11-13-15-17-19-21-26-30-34-38-42-46-50-54-58-64(69)63(62-68)67-65(70)59-55-51-47-43-39-35-31-27-24-23-25-29-33-37-41-45-49-53-57-61-72-66(71)60-56-52-48-44-40-36-32-28-22-20-18-16-14-12-10-8-6-4-2/h20,22,63-64,68-69H,3-19,21,23-62H2,1-2H3,(H,67,70)/b22-20-. The van der Waals surface area contributed by atoms with E-state index in [2.05, 4.69) is 31.3 Å². The highest BCUT2D eigenvalue weighted by atomic mass is 16.5. The van der Waals surface area contributed by atoms with Crippen LogP contribution in [0.15, 0.2) is 12.2 Å². The number of carbonyl (C=O) groups excluding carboxylic acids is 2. The Hall–Kier alpha value is -1.40. The van der Waals surface area contributed by atoms with E-state index in [4.69, 9.17) is 4.74 Å². The Morgan fingerprint density at radius 3 is 0.986 bits per heavy atom. The smallest absolute Gasteiger partial charge is 0.305 e. The van der Waals surface area contributed by atoms with Gasteiger partial charge in [-0.05, 0) is 51.4 Å². The number of unbranched alkanes of at least 4 members (excludes halogenated alkanes) is 49. The highest BCUT2D eigenvalue weighted by molar-refractivity contribution is 5.76. The van der Waals surface area contributed by atoms with Crippen molar-refractivity contribution in [3.05, 3.63) is 12.2 Å². The maximum absolute atomic E-state index is 12.5. The van der Waals surface area contributed by atoms with Crippen molar-refractivity contribution in [1.82, 2.24) is 5.32 Å². The molecule has 0 saturated carbocycles. The number of rotatable bonds is 62. The lowest BCUT2D eigenvalue weighted by Crippen LogP contribution is -2.45. The Kier molecular flexibility index (Phi) is 60.9. The number of aliphatic hydroxyl groups excluding tert-OH is 2. The maximum Gasteiger partial charge on any atom is 0.305 e. The fourth-order valence-electron chi connectivity index (χ4n) is 10.5. The molecule has 1 amide bonds. The molecule has 0 aliphatic rings. The molecule has 0 aromatic heterocycles. The van der Waals surface area contributed by atoms with Crippen LogP contribution in [-0.2, 0) is 14.3 Å². The van der Waals surface area contributed by atoms with E-state index < -0.39 is 12.1 Å². The summed E-state index contributed by atoms with van der Waals surface area (Å²) >= 11 is 0. The summed E-state index contributed by atoms with van der Waals surface area (Å²) in [6.07, 6.45) is 75.1. The number of hydrogen-bond donors (Lipinski definition) is 3. The third-order valence-corrected chi connectivity index (χ3v) is 15.6. The summed E-state index contributed by atoms with van der Waals surface area (Å²) in [5.74, 6) is -0.0268. The summed E-state index contributed by atoms with van der Waals surface area (Å²) < 4.78 is 5.50. The molecule has 0 aromatic carbocycles. The van der Waals surface area contributed by atoms with Crippen LogP contribution in [0.5, 0.6) is 0 Å². The minimum Gasteiger partial charge on any atom is -0.466 e. The van der Waals surface area contributed by atoms with Gasteiger partial charge in [0.25, 0.3) is 0 Å². The van der Waals surface area contributed by atoms with Crippen LogP contribution >= 0.6 is 0 Å². The molecule has 0 radical (unpaired) electrons. The summed E-state index contributed by atoms with van der Waals surface area (Å²) in [5, 5.41) is 23.4. The van der Waals surface area contributed by atoms with Crippen LogP contribution in [0, 0.1) is 0 Å². The molecule has 0 aliphatic carbocycles. The van der Waals surface area contributed by atoms with E-state index in [0.717, 1.165) is 44.9 Å². The first-order valence-corrected chi connectivity index (χ1v) is 32.9. The first kappa shape index (κ1) is 70.6. The van der Waals surface area contributed by atoms with Gasteiger partial charge in [0, 0.05) is 12.8 Å². The zero-order valence-electron chi connectivity index (χ0n) is 48.9. The van der Waals surface area contributed by atoms with Gasteiger partial charge in [-0.2, -0.15) is 0 Å². The van der Waals surface area contributed by atoms with E-state index in [9.17, 15) is 19.8 Å². The molecule has 428 valence electrons. The van der Waals surface area contributed by atoms with Crippen molar-refractivity contribution in [2.24, 2.45) is 0 Å². The van der Waals surface area contributed by atoms with Gasteiger partial charge >= 0.3 is 5.97 Å². The van der Waals surface area contributed by atoms with Gasteiger partial charge in [-0.1, -0.05) is 321 Å². The van der Waals surface area contributed by atoms with Gasteiger partial charge in [-0.3, -0.25) is 9.59 Å². The summed E-state index contributed by atoms with van der Waals surface area (Å²) in [6, 6.07) is -0.544. The molecule has 0 aromatic rings. The lowest BCUT2D eigenvalue weighted by atomic mass is 10.0. The van der Waals surface area contributed by atoms with Gasteiger partial charge in [0.05, 0.1) is 25.4 Å². The lowest BCUT2D eigenvalue weighted by molar-refractivity contribution is -0.143. The molecule has 72 heavy (non-hydrogen) atoms. The Labute approximate surface area is 450 Å². The number of aliphatic hydroxyl groups is 2. The Balaban J connectivity index is 3.38. The minimum atomic E-state index is -0.666. The van der Waals surface area contributed by atoms with E-state index >= 15 is 0 Å². The number of esters is 1. The average molecular weight is 1020 g/mol. The van der Waals surface area contributed by atoms with Crippen molar-refractivity contribution in [2.45, 2.75) is 386 Å². The molecule has 0 bridgehead atoms. The van der Waals surface area contributed by atoms with Crippen molar-refractivity contribution in [2.75, 3.05) is 13.2 Å². The summed E-state index contributed by atoms with van der Waals surface area (Å²) in [4.78, 5) is 24.6. The second-order valence-corrected chi connectivity index (χ2v) is 22.8. The minimum absolute atomic E-state index is 0.00731. The first-order chi connectivity index (χ1) is 35.5. The normalized spacial score (nSPS) is 12.6. The molecule has 0 heterocycles. The quantitative estimate of drug-likeness (QED) is 0.0320. The van der Waals surface area contributed by atoms with Crippen LogP contribution in [0.2, 0.25) is 0 Å². The van der Waals surface area contributed by atoms with Gasteiger partial charge < -0.3 is 20.3 Å². The van der Waals surface area contributed by atoms with Gasteiger partial charge in [0.15, 0.2) is 0 Å². The van der Waals surface area contributed by atoms with Crippen molar-refractivity contribution in [3.63, 3.8) is 0 Å². The molecule has 0 saturated heterocycles. The van der Waals surface area contributed by atoms with Crippen LogP contribution in [0.4, 0.5) is 0 Å².